The number of carbonyl (C=O) groups is 2. The van der Waals surface area contributed by atoms with Crippen molar-refractivity contribution in [3.05, 3.63) is 71.2 Å². The van der Waals surface area contributed by atoms with E-state index in [2.05, 4.69) is 65.5 Å². The Hall–Kier alpha value is -3.80. The van der Waals surface area contributed by atoms with Gasteiger partial charge in [-0.2, -0.15) is 5.10 Å². The Bertz CT molecular complexity index is 1560. The number of imidazole rings is 1. The summed E-state index contributed by atoms with van der Waals surface area (Å²) >= 11 is 2.05. The van der Waals surface area contributed by atoms with E-state index in [1.807, 2.05) is 36.0 Å². The number of aliphatic imine (C=N–C) groups is 1. The number of nitrogens with one attached hydrogen (secondary N) is 3. The summed E-state index contributed by atoms with van der Waals surface area (Å²) in [5, 5.41) is 7.84. The third-order valence-electron chi connectivity index (χ3n) is 6.78. The molecule has 180 valence electrons. The molecule has 4 aromatic rings. The van der Waals surface area contributed by atoms with E-state index in [9.17, 15) is 9.59 Å². The summed E-state index contributed by atoms with van der Waals surface area (Å²) in [6, 6.07) is 11.3. The van der Waals surface area contributed by atoms with Gasteiger partial charge in [0.15, 0.2) is 0 Å². The topological polar surface area (TPSA) is 117 Å². The highest BCUT2D eigenvalue weighted by Crippen LogP contribution is 2.35. The van der Waals surface area contributed by atoms with Crippen molar-refractivity contribution in [2.45, 2.75) is 18.9 Å². The van der Waals surface area contributed by atoms with E-state index in [4.69, 9.17) is 0 Å². The fourth-order valence-electron chi connectivity index (χ4n) is 5.19. The van der Waals surface area contributed by atoms with E-state index >= 15 is 0 Å². The molecule has 0 saturated heterocycles. The minimum absolute atomic E-state index is 0.0725. The van der Waals surface area contributed by atoms with Crippen LogP contribution < -0.4 is 10.7 Å². The lowest BCUT2D eigenvalue weighted by molar-refractivity contribution is -0.118. The highest BCUT2D eigenvalue weighted by atomic mass is 127. The van der Waals surface area contributed by atoms with Crippen LogP contribution in [0.1, 0.15) is 27.0 Å². The molecule has 2 amide bonds. The molecule has 1 aliphatic carbocycles. The molecule has 0 saturated carbocycles. The molecule has 0 spiro atoms. The molecule has 1 aliphatic heterocycles. The van der Waals surface area contributed by atoms with Crippen LogP contribution >= 0.6 is 22.6 Å². The number of nitrogens with zero attached hydrogens (tertiary/aromatic N) is 4. The first kappa shape index (κ1) is 22.7. The zero-order valence-electron chi connectivity index (χ0n) is 19.3. The first-order valence-electron chi connectivity index (χ1n) is 11.5. The fraction of sp³-hybridized carbons (Fsp3) is 0.192. The van der Waals surface area contributed by atoms with Crippen molar-refractivity contribution in [2.75, 3.05) is 5.32 Å². The van der Waals surface area contributed by atoms with E-state index in [1.54, 1.807) is 22.8 Å². The van der Waals surface area contributed by atoms with Gasteiger partial charge in [0, 0.05) is 35.4 Å². The molecule has 9 nitrogen and oxygen atoms in total. The van der Waals surface area contributed by atoms with E-state index in [0.717, 1.165) is 35.2 Å². The van der Waals surface area contributed by atoms with Crippen molar-refractivity contribution in [2.24, 2.45) is 23.1 Å². The van der Waals surface area contributed by atoms with Crippen LogP contribution in [0.5, 0.6) is 0 Å². The summed E-state index contributed by atoms with van der Waals surface area (Å²) in [7, 11) is 1.90. The number of anilines is 1. The van der Waals surface area contributed by atoms with Crippen molar-refractivity contribution in [1.29, 1.82) is 0 Å². The van der Waals surface area contributed by atoms with Crippen LogP contribution in [0.3, 0.4) is 0 Å². The molecule has 2 aromatic carbocycles. The Balaban J connectivity index is 1.36. The standard InChI is InChI=1S/C26H22IN7O2/c1-34-11-21(29-13-34)24-19-10-30-33-25(35)18-8-17(9-20(32-24)22(18)19)31-26(36)23(28-12-27)16-6-14-4-2-3-5-15(14)7-16/h2-5,8-13,16,23,32H,6-7H2,1H3,(H,31,36)(H,33,35)/b28-12-/t23-/m1/s1. The van der Waals surface area contributed by atoms with Crippen molar-refractivity contribution < 1.29 is 9.59 Å². The smallest absolute Gasteiger partial charge is 0.272 e. The highest BCUT2D eigenvalue weighted by Gasteiger charge is 2.33. The number of amides is 2. The Morgan fingerprint density at radius 1 is 1.28 bits per heavy atom. The average Bonchev–Trinajstić information content (AvgIpc) is 3.55. The van der Waals surface area contributed by atoms with Crippen LogP contribution in [-0.2, 0) is 24.7 Å². The summed E-state index contributed by atoms with van der Waals surface area (Å²) in [5.41, 5.74) is 9.01. The van der Waals surface area contributed by atoms with Crippen LogP contribution in [0.2, 0.25) is 0 Å². The number of carbonyl (C=O) groups excluding carboxylic acids is 2. The Kier molecular flexibility index (Phi) is 5.67. The molecule has 1 atom stereocenters. The monoisotopic (exact) mass is 591 g/mol. The maximum Gasteiger partial charge on any atom is 0.272 e. The Morgan fingerprint density at radius 3 is 2.75 bits per heavy atom. The molecule has 6 rings (SSSR count). The van der Waals surface area contributed by atoms with E-state index in [-0.39, 0.29) is 17.7 Å². The number of hydrazone groups is 1. The van der Waals surface area contributed by atoms with Crippen LogP contribution in [0.4, 0.5) is 5.69 Å². The van der Waals surface area contributed by atoms with Gasteiger partial charge in [0.05, 0.1) is 28.0 Å². The summed E-state index contributed by atoms with van der Waals surface area (Å²) in [6.07, 6.45) is 6.84. The number of rotatable bonds is 5. The molecule has 2 aromatic heterocycles. The molecular formula is C26H22IN7O2. The van der Waals surface area contributed by atoms with E-state index < -0.39 is 6.04 Å². The van der Waals surface area contributed by atoms with Crippen LogP contribution in [0.15, 0.2) is 59.0 Å². The second-order valence-electron chi connectivity index (χ2n) is 9.10. The number of halogens is 1. The van der Waals surface area contributed by atoms with Crippen LogP contribution in [-0.4, -0.2) is 42.8 Å². The van der Waals surface area contributed by atoms with Gasteiger partial charge in [0.2, 0.25) is 5.91 Å². The van der Waals surface area contributed by atoms with Gasteiger partial charge in [-0.25, -0.2) is 10.4 Å². The SMILES string of the molecule is Cn1cnc(-c2[nH]c3cc(NC(=O)[C@H](/N=C\I)C4Cc5ccccc5C4)cc4c3c2C=NNC4=O)c1. The van der Waals surface area contributed by atoms with Gasteiger partial charge in [-0.1, -0.05) is 24.3 Å². The summed E-state index contributed by atoms with van der Waals surface area (Å²) in [6.45, 7) is 0. The van der Waals surface area contributed by atoms with Crippen LogP contribution in [0.25, 0.3) is 22.3 Å². The molecule has 0 fully saturated rings. The van der Waals surface area contributed by atoms with Gasteiger partial charge in [-0.05, 0) is 64.6 Å². The van der Waals surface area contributed by atoms with Gasteiger partial charge in [0.1, 0.15) is 11.7 Å². The van der Waals surface area contributed by atoms with Crippen molar-refractivity contribution in [3.63, 3.8) is 0 Å². The number of benzene rings is 2. The number of aromatic nitrogens is 3. The number of aromatic amines is 1. The van der Waals surface area contributed by atoms with Crippen molar-refractivity contribution in [3.8, 4) is 11.4 Å². The molecule has 2 aliphatic rings. The first-order valence-corrected chi connectivity index (χ1v) is 12.8. The number of hydrogen-bond donors (Lipinski definition) is 3. The lowest BCUT2D eigenvalue weighted by Gasteiger charge is -2.19. The lowest BCUT2D eigenvalue weighted by atomic mass is 9.96. The molecular weight excluding hydrogens is 569 g/mol. The lowest BCUT2D eigenvalue weighted by Crippen LogP contribution is -2.34. The Labute approximate surface area is 220 Å². The molecule has 0 bridgehead atoms. The zero-order chi connectivity index (χ0) is 24.8. The quantitative estimate of drug-likeness (QED) is 0.242. The maximum atomic E-state index is 13.5. The molecule has 3 N–H and O–H groups in total. The third-order valence-corrected chi connectivity index (χ3v) is 7.11. The third kappa shape index (κ3) is 3.91. The first-order chi connectivity index (χ1) is 17.5. The molecule has 10 heteroatoms. The van der Waals surface area contributed by atoms with E-state index in [1.165, 1.54) is 11.1 Å². The molecule has 0 radical (unpaired) electrons. The predicted molar refractivity (Wildman–Crippen MR) is 148 cm³/mol. The number of H-pyrrole nitrogens is 1. The highest BCUT2D eigenvalue weighted by molar-refractivity contribution is 14.1. The maximum absolute atomic E-state index is 13.5. The largest absolute Gasteiger partial charge is 0.353 e. The van der Waals surface area contributed by atoms with Gasteiger partial charge in [-0.3, -0.25) is 14.6 Å². The molecule has 3 heterocycles. The minimum atomic E-state index is -0.537. The van der Waals surface area contributed by atoms with Gasteiger partial charge < -0.3 is 14.9 Å². The number of hydrogen-bond acceptors (Lipinski definition) is 5. The number of aryl methyl sites for hydroxylation is 1. The average molecular weight is 591 g/mol. The minimum Gasteiger partial charge on any atom is -0.353 e. The fourth-order valence-corrected chi connectivity index (χ4v) is 5.54. The number of fused-ring (bicyclic) bond motifs is 1. The van der Waals surface area contributed by atoms with Crippen LogP contribution in [0, 0.1) is 5.92 Å². The molecule has 36 heavy (non-hydrogen) atoms. The van der Waals surface area contributed by atoms with E-state index in [0.29, 0.717) is 16.8 Å². The zero-order valence-corrected chi connectivity index (χ0v) is 21.5. The predicted octanol–water partition coefficient (Wildman–Crippen LogP) is 3.83. The summed E-state index contributed by atoms with van der Waals surface area (Å²) in [4.78, 5) is 38.7. The normalized spacial score (nSPS) is 15.8. The summed E-state index contributed by atoms with van der Waals surface area (Å²) < 4.78 is 3.51. The van der Waals surface area contributed by atoms with Crippen molar-refractivity contribution >= 4 is 61.4 Å². The Morgan fingerprint density at radius 2 is 2.06 bits per heavy atom. The van der Waals surface area contributed by atoms with Gasteiger partial charge >= 0.3 is 0 Å². The summed E-state index contributed by atoms with van der Waals surface area (Å²) in [5.74, 6) is -0.469. The van der Waals surface area contributed by atoms with Crippen molar-refractivity contribution in [1.82, 2.24) is 20.0 Å². The molecule has 0 unspecified atom stereocenters. The van der Waals surface area contributed by atoms with Gasteiger partial charge in [0.25, 0.3) is 5.91 Å². The second-order valence-corrected chi connectivity index (χ2v) is 9.66. The van der Waals surface area contributed by atoms with Gasteiger partial charge in [-0.15, -0.1) is 0 Å². The second kappa shape index (κ2) is 9.01.